The molecule has 43 heavy (non-hydrogen) atoms. The predicted octanol–water partition coefficient (Wildman–Crippen LogP) is 8.62. The summed E-state index contributed by atoms with van der Waals surface area (Å²) in [6.45, 7) is 8.19. The SMILES string of the molecule is CCC[CH2][Sn]([CH2]CCC)([O]C(=O)c1cccc([N+](=O)[O-])c1)[O][Sn]([CH2]CCC)([CH2]CCC)[O]C(=O)c1cccc([N+](=O)[O-])c1. The molecule has 11 nitrogen and oxygen atoms in total. The van der Waals surface area contributed by atoms with Crippen molar-refractivity contribution in [2.45, 2.75) is 96.8 Å². The van der Waals surface area contributed by atoms with Crippen LogP contribution in [-0.2, 0) is 7.56 Å². The Morgan fingerprint density at radius 2 is 0.953 bits per heavy atom. The first kappa shape index (κ1) is 36.9. The van der Waals surface area contributed by atoms with Crippen LogP contribution in [-0.4, -0.2) is 60.2 Å². The monoisotopic (exact) mass is 816 g/mol. The Hall–Kier alpha value is -2.26. The number of carbonyl (C=O) groups is 2. The number of nitrogens with zero attached hydrogens (tertiary/aromatic N) is 2. The molecule has 0 aromatic heterocycles. The molecule has 2 aromatic rings. The molecule has 0 radical (unpaired) electrons. The zero-order valence-corrected chi connectivity index (χ0v) is 31.4. The van der Waals surface area contributed by atoms with Crippen molar-refractivity contribution in [3.8, 4) is 0 Å². The molecule has 0 aliphatic heterocycles. The van der Waals surface area contributed by atoms with E-state index in [2.05, 4.69) is 0 Å². The van der Waals surface area contributed by atoms with Crippen LogP contribution in [0, 0.1) is 20.2 Å². The molecule has 0 fully saturated rings. The Balaban J connectivity index is 2.61. The van der Waals surface area contributed by atoms with E-state index in [4.69, 9.17) is 7.56 Å². The van der Waals surface area contributed by atoms with E-state index in [1.165, 1.54) is 48.5 Å². The summed E-state index contributed by atoms with van der Waals surface area (Å²) in [6.07, 6.45) is 6.47. The van der Waals surface area contributed by atoms with Gasteiger partial charge >= 0.3 is 265 Å². The second-order valence-electron chi connectivity index (χ2n) is 10.7. The van der Waals surface area contributed by atoms with E-state index in [-0.39, 0.29) is 22.5 Å². The molecule has 0 heterocycles. The number of rotatable bonds is 20. The fourth-order valence-corrected chi connectivity index (χ4v) is 45.9. The zero-order valence-electron chi connectivity index (χ0n) is 25.7. The van der Waals surface area contributed by atoms with Gasteiger partial charge in [0.05, 0.1) is 0 Å². The van der Waals surface area contributed by atoms with Crippen molar-refractivity contribution in [3.63, 3.8) is 0 Å². The zero-order chi connectivity index (χ0) is 31.9. The summed E-state index contributed by atoms with van der Waals surface area (Å²) >= 11 is -8.77. The van der Waals surface area contributed by atoms with Crippen LogP contribution < -0.4 is 0 Å². The molecular weight excluding hydrogens is 770 g/mol. The summed E-state index contributed by atoms with van der Waals surface area (Å²) in [5, 5.41) is 22.7. The summed E-state index contributed by atoms with van der Waals surface area (Å²) in [4.78, 5) is 48.8. The third kappa shape index (κ3) is 11.6. The molecule has 0 N–H and O–H groups in total. The fraction of sp³-hybridized carbons (Fsp3) is 0.533. The Kier molecular flexibility index (Phi) is 15.9. The van der Waals surface area contributed by atoms with Crippen molar-refractivity contribution in [2.75, 3.05) is 0 Å². The third-order valence-electron chi connectivity index (χ3n) is 7.16. The Bertz CT molecular complexity index is 1130. The van der Waals surface area contributed by atoms with Crippen molar-refractivity contribution >= 4 is 61.7 Å². The average Bonchev–Trinajstić information content (AvgIpc) is 3.00. The molecule has 13 heteroatoms. The van der Waals surface area contributed by atoms with Crippen molar-refractivity contribution in [3.05, 3.63) is 79.9 Å². The van der Waals surface area contributed by atoms with Gasteiger partial charge in [0.15, 0.2) is 0 Å². The van der Waals surface area contributed by atoms with Gasteiger partial charge in [-0.15, -0.1) is 0 Å². The molecule has 0 bridgehead atoms. The second kappa shape index (κ2) is 18.5. The van der Waals surface area contributed by atoms with Crippen LogP contribution in [0.4, 0.5) is 11.4 Å². The Morgan fingerprint density at radius 1 is 0.628 bits per heavy atom. The summed E-state index contributed by atoms with van der Waals surface area (Å²) in [5.41, 5.74) is -0.237. The van der Waals surface area contributed by atoms with Gasteiger partial charge in [-0.2, -0.15) is 0 Å². The van der Waals surface area contributed by atoms with Gasteiger partial charge in [-0.1, -0.05) is 0 Å². The van der Waals surface area contributed by atoms with Gasteiger partial charge in [0.2, 0.25) is 0 Å². The van der Waals surface area contributed by atoms with Crippen LogP contribution in [0.2, 0.25) is 17.7 Å². The van der Waals surface area contributed by atoms with Crippen LogP contribution in [0.25, 0.3) is 0 Å². The summed E-state index contributed by atoms with van der Waals surface area (Å²) in [7, 11) is 0. The standard InChI is InChI=1S/2C7H5NO4.4C4H9.O.2Sn/c2*9-7(10)5-2-1-3-6(4-5)8(11)12;4*1-3-4-2;;;/h2*1-4H,(H,9,10);4*1,3-4H2,2H3;;;/q;;;;;;;2*+1/p-2. The van der Waals surface area contributed by atoms with E-state index in [0.717, 1.165) is 51.4 Å². The fourth-order valence-electron chi connectivity index (χ4n) is 4.77. The van der Waals surface area contributed by atoms with E-state index in [9.17, 15) is 29.8 Å². The van der Waals surface area contributed by atoms with Gasteiger partial charge in [0.25, 0.3) is 0 Å². The first-order valence-electron chi connectivity index (χ1n) is 15.2. The second-order valence-corrected chi connectivity index (χ2v) is 32.5. The Labute approximate surface area is 263 Å². The number of hydrogen-bond donors (Lipinski definition) is 0. The van der Waals surface area contributed by atoms with Gasteiger partial charge in [-0.05, 0) is 0 Å². The molecule has 0 aliphatic carbocycles. The normalized spacial score (nSPS) is 11.6. The topological polar surface area (TPSA) is 148 Å². The van der Waals surface area contributed by atoms with E-state index in [1.54, 1.807) is 0 Å². The summed E-state index contributed by atoms with van der Waals surface area (Å²) < 4.78 is 22.4. The maximum absolute atomic E-state index is 13.6. The van der Waals surface area contributed by atoms with Gasteiger partial charge in [0, 0.05) is 0 Å². The number of carbonyl (C=O) groups excluding carboxylic acids is 2. The molecule has 0 saturated carbocycles. The first-order chi connectivity index (χ1) is 20.5. The van der Waals surface area contributed by atoms with Crippen LogP contribution >= 0.6 is 0 Å². The number of unbranched alkanes of at least 4 members (excludes halogenated alkanes) is 4. The van der Waals surface area contributed by atoms with E-state index >= 15 is 0 Å². The Morgan fingerprint density at radius 3 is 1.23 bits per heavy atom. The van der Waals surface area contributed by atoms with E-state index in [1.807, 2.05) is 27.7 Å². The number of hydrogen-bond acceptors (Lipinski definition) is 9. The molecule has 0 aliphatic rings. The predicted molar refractivity (Wildman–Crippen MR) is 168 cm³/mol. The molecule has 0 atom stereocenters. The van der Waals surface area contributed by atoms with Gasteiger partial charge in [-0.25, -0.2) is 0 Å². The number of benzene rings is 2. The van der Waals surface area contributed by atoms with Gasteiger partial charge in [-0.3, -0.25) is 0 Å². The maximum atomic E-state index is 13.6. The molecular formula is C30H44N2O9Sn2. The number of nitro benzene ring substituents is 2. The molecule has 0 unspecified atom stereocenters. The number of non-ortho nitro benzene ring substituents is 2. The van der Waals surface area contributed by atoms with E-state index in [0.29, 0.717) is 17.7 Å². The molecule has 0 saturated heterocycles. The van der Waals surface area contributed by atoms with Crippen molar-refractivity contribution in [2.24, 2.45) is 0 Å². The molecule has 0 spiro atoms. The molecule has 2 rings (SSSR count). The van der Waals surface area contributed by atoms with Gasteiger partial charge < -0.3 is 0 Å². The summed E-state index contributed by atoms with van der Waals surface area (Å²) in [6, 6.07) is 11.0. The quantitative estimate of drug-likeness (QED) is 0.0728. The third-order valence-corrected chi connectivity index (χ3v) is 39.4. The first-order valence-corrected chi connectivity index (χ1v) is 27.9. The van der Waals surface area contributed by atoms with Crippen LogP contribution in [0.3, 0.4) is 0 Å². The van der Waals surface area contributed by atoms with E-state index < -0.39 is 60.2 Å². The minimum absolute atomic E-state index is 0.0865. The summed E-state index contributed by atoms with van der Waals surface area (Å²) in [5.74, 6) is -1.30. The molecule has 0 amide bonds. The van der Waals surface area contributed by atoms with Crippen molar-refractivity contribution in [1.29, 1.82) is 0 Å². The minimum atomic E-state index is -4.38. The van der Waals surface area contributed by atoms with Gasteiger partial charge in [0.1, 0.15) is 0 Å². The molecule has 2 aromatic carbocycles. The molecule has 236 valence electrons. The van der Waals surface area contributed by atoms with Crippen LogP contribution in [0.15, 0.2) is 48.5 Å². The van der Waals surface area contributed by atoms with Crippen LogP contribution in [0.1, 0.15) is 99.8 Å². The number of nitro groups is 2. The van der Waals surface area contributed by atoms with Crippen molar-refractivity contribution < 1.29 is 27.0 Å². The van der Waals surface area contributed by atoms with Crippen molar-refractivity contribution in [1.82, 2.24) is 0 Å². The average molecular weight is 814 g/mol. The van der Waals surface area contributed by atoms with Crippen LogP contribution in [0.5, 0.6) is 0 Å².